The maximum atomic E-state index is 13.0. The van der Waals surface area contributed by atoms with Crippen molar-refractivity contribution in [2.75, 3.05) is 63.9 Å². The van der Waals surface area contributed by atoms with Crippen LogP contribution in [0, 0.1) is 0 Å². The molecule has 2 aromatic heterocycles. The van der Waals surface area contributed by atoms with Crippen LogP contribution in [-0.2, 0) is 4.74 Å². The topological polar surface area (TPSA) is 99.9 Å². The van der Waals surface area contributed by atoms with Gasteiger partial charge >= 0.3 is 12.0 Å². The fourth-order valence-electron chi connectivity index (χ4n) is 5.77. The molecule has 10 heteroatoms. The fraction of sp³-hybridized carbons (Fsp3) is 0.538. The molecule has 6 rings (SSSR count). The second-order valence-electron chi connectivity index (χ2n) is 9.95. The summed E-state index contributed by atoms with van der Waals surface area (Å²) in [5, 5.41) is 8.48. The molecule has 0 bridgehead atoms. The second-order valence-corrected chi connectivity index (χ2v) is 9.95. The highest BCUT2D eigenvalue weighted by molar-refractivity contribution is 5.80. The molecule has 0 spiro atoms. The number of amides is 2. The van der Waals surface area contributed by atoms with E-state index in [0.29, 0.717) is 50.3 Å². The lowest BCUT2D eigenvalue weighted by molar-refractivity contribution is -0.0197. The number of benzene rings is 1. The Labute approximate surface area is 210 Å². The lowest BCUT2D eigenvalue weighted by Gasteiger charge is -2.44. The number of carbonyl (C=O) groups is 1. The first kappa shape index (κ1) is 23.2. The summed E-state index contributed by atoms with van der Waals surface area (Å²) in [4.78, 5) is 28.7. The number of rotatable bonds is 5. The lowest BCUT2D eigenvalue weighted by atomic mass is 9.94. The van der Waals surface area contributed by atoms with Crippen molar-refractivity contribution in [3.8, 4) is 11.5 Å². The van der Waals surface area contributed by atoms with Crippen molar-refractivity contribution < 1.29 is 14.1 Å². The fourth-order valence-corrected chi connectivity index (χ4v) is 5.77. The second kappa shape index (κ2) is 10.0. The number of aromatic nitrogens is 3. The van der Waals surface area contributed by atoms with Crippen LogP contribution in [0.1, 0.15) is 25.7 Å². The van der Waals surface area contributed by atoms with Crippen LogP contribution in [0.15, 0.2) is 40.9 Å². The van der Waals surface area contributed by atoms with Crippen molar-refractivity contribution >= 4 is 22.9 Å². The number of ether oxygens (including phenoxy) is 1. The van der Waals surface area contributed by atoms with Crippen molar-refractivity contribution in [2.24, 2.45) is 0 Å². The van der Waals surface area contributed by atoms with Gasteiger partial charge in [-0.1, -0.05) is 42.3 Å². The Kier molecular flexibility index (Phi) is 6.45. The number of para-hydroxylation sites is 1. The van der Waals surface area contributed by atoms with Crippen LogP contribution in [0.25, 0.3) is 22.4 Å². The summed E-state index contributed by atoms with van der Waals surface area (Å²) in [6, 6.07) is 12.4. The van der Waals surface area contributed by atoms with Crippen LogP contribution in [0.4, 0.5) is 10.8 Å². The van der Waals surface area contributed by atoms with E-state index in [4.69, 9.17) is 9.26 Å². The third kappa shape index (κ3) is 4.62. The van der Waals surface area contributed by atoms with Crippen molar-refractivity contribution in [3.05, 3.63) is 36.4 Å². The molecule has 0 radical (unpaired) electrons. The molecule has 10 nitrogen and oxygen atoms in total. The summed E-state index contributed by atoms with van der Waals surface area (Å²) < 4.78 is 11.1. The summed E-state index contributed by atoms with van der Waals surface area (Å²) in [6.07, 6.45) is 4.75. The zero-order valence-corrected chi connectivity index (χ0v) is 20.6. The highest BCUT2D eigenvalue weighted by Gasteiger charge is 2.40. The Bertz CT molecular complexity index is 1190. The summed E-state index contributed by atoms with van der Waals surface area (Å²) >= 11 is 0. The summed E-state index contributed by atoms with van der Waals surface area (Å²) in [5.74, 6) is 0.473. The third-order valence-electron chi connectivity index (χ3n) is 7.87. The van der Waals surface area contributed by atoms with Crippen LogP contribution >= 0.6 is 0 Å². The minimum Gasteiger partial charge on any atom is -0.379 e. The van der Waals surface area contributed by atoms with Gasteiger partial charge in [-0.15, -0.1) is 0 Å². The van der Waals surface area contributed by atoms with Crippen LogP contribution in [0.2, 0.25) is 0 Å². The maximum Gasteiger partial charge on any atom is 0.324 e. The molecule has 0 atom stereocenters. The molecule has 2 aliphatic heterocycles. The molecule has 1 aliphatic carbocycles. The van der Waals surface area contributed by atoms with Gasteiger partial charge in [0, 0.05) is 56.7 Å². The number of fused-ring (bicyclic) bond motifs is 1. The zero-order chi connectivity index (χ0) is 24.4. The number of morpholine rings is 1. The molecule has 2 amide bonds. The number of hydrogen-bond acceptors (Lipinski definition) is 8. The van der Waals surface area contributed by atoms with Gasteiger partial charge < -0.3 is 24.4 Å². The van der Waals surface area contributed by atoms with E-state index in [0.717, 1.165) is 50.0 Å². The van der Waals surface area contributed by atoms with Gasteiger partial charge in [-0.25, -0.2) is 9.78 Å². The quantitative estimate of drug-likeness (QED) is 0.582. The smallest absolute Gasteiger partial charge is 0.324 e. The Morgan fingerprint density at radius 1 is 0.944 bits per heavy atom. The number of hydrogen-bond donors (Lipinski definition) is 1. The Morgan fingerprint density at radius 2 is 1.72 bits per heavy atom. The Morgan fingerprint density at radius 3 is 2.53 bits per heavy atom. The van der Waals surface area contributed by atoms with E-state index in [2.05, 4.69) is 25.3 Å². The van der Waals surface area contributed by atoms with Gasteiger partial charge in [0.15, 0.2) is 0 Å². The van der Waals surface area contributed by atoms with Gasteiger partial charge in [0.2, 0.25) is 5.82 Å². The number of nitrogens with one attached hydrogen (secondary N) is 1. The number of anilines is 1. The monoisotopic (exact) mass is 491 g/mol. The molecule has 36 heavy (non-hydrogen) atoms. The Hall–Kier alpha value is -3.24. The molecule has 1 aromatic carbocycles. The predicted molar refractivity (Wildman–Crippen MR) is 136 cm³/mol. The van der Waals surface area contributed by atoms with E-state index in [9.17, 15) is 4.79 Å². The zero-order valence-electron chi connectivity index (χ0n) is 20.6. The molecule has 3 fully saturated rings. The number of carbonyl (C=O) groups excluding carboxylic acids is 1. The van der Waals surface area contributed by atoms with Crippen molar-refractivity contribution in [1.82, 2.24) is 30.2 Å². The standard InChI is InChI=1S/C26H33N7O3/c34-24(27-19-26(9-3-4-10-26)33-15-17-35-18-16-33)31-11-13-32(14-12-31)25-29-23(30-36-25)22-8-7-20-5-1-2-6-21(20)28-22/h1-2,5-8H,3-4,9-19H2,(H,27,34). The van der Waals surface area contributed by atoms with Gasteiger partial charge in [0.25, 0.3) is 0 Å². The van der Waals surface area contributed by atoms with Crippen molar-refractivity contribution in [3.63, 3.8) is 0 Å². The van der Waals surface area contributed by atoms with E-state index < -0.39 is 0 Å². The van der Waals surface area contributed by atoms with E-state index in [1.165, 1.54) is 12.8 Å². The number of nitrogens with zero attached hydrogens (tertiary/aromatic N) is 6. The van der Waals surface area contributed by atoms with Gasteiger partial charge in [-0.3, -0.25) is 4.90 Å². The number of piperazine rings is 1. The largest absolute Gasteiger partial charge is 0.379 e. The van der Waals surface area contributed by atoms with E-state index in [-0.39, 0.29) is 11.6 Å². The normalized spacial score (nSPS) is 20.7. The number of pyridine rings is 1. The maximum absolute atomic E-state index is 13.0. The molecular weight excluding hydrogens is 458 g/mol. The molecule has 4 heterocycles. The van der Waals surface area contributed by atoms with Crippen LogP contribution in [0.3, 0.4) is 0 Å². The summed E-state index contributed by atoms with van der Waals surface area (Å²) in [7, 11) is 0. The van der Waals surface area contributed by atoms with Gasteiger partial charge in [-0.05, 0) is 25.0 Å². The van der Waals surface area contributed by atoms with Crippen LogP contribution < -0.4 is 10.2 Å². The third-order valence-corrected chi connectivity index (χ3v) is 7.87. The average Bonchev–Trinajstić information content (AvgIpc) is 3.63. The van der Waals surface area contributed by atoms with Crippen LogP contribution in [0.5, 0.6) is 0 Å². The van der Waals surface area contributed by atoms with Crippen molar-refractivity contribution in [2.45, 2.75) is 31.2 Å². The molecule has 0 unspecified atom stereocenters. The summed E-state index contributed by atoms with van der Waals surface area (Å²) in [6.45, 7) is 6.70. The predicted octanol–water partition coefficient (Wildman–Crippen LogP) is 2.76. The number of urea groups is 1. The molecule has 1 N–H and O–H groups in total. The first-order chi connectivity index (χ1) is 17.7. The lowest BCUT2D eigenvalue weighted by Crippen LogP contribution is -2.59. The highest BCUT2D eigenvalue weighted by Crippen LogP contribution is 2.35. The molecule has 190 valence electrons. The molecule has 1 saturated carbocycles. The minimum atomic E-state index is 0.0146. The highest BCUT2D eigenvalue weighted by atomic mass is 16.5. The average molecular weight is 492 g/mol. The Balaban J connectivity index is 1.04. The minimum absolute atomic E-state index is 0.0146. The molecule has 2 saturated heterocycles. The first-order valence-electron chi connectivity index (χ1n) is 13.0. The molecular formula is C26H33N7O3. The van der Waals surface area contributed by atoms with E-state index in [1.54, 1.807) is 0 Å². The molecule has 3 aliphatic rings. The first-order valence-corrected chi connectivity index (χ1v) is 13.0. The summed E-state index contributed by atoms with van der Waals surface area (Å²) in [5.41, 5.74) is 1.66. The SMILES string of the molecule is O=C(NCC1(N2CCOCC2)CCCC1)N1CCN(c2nc(-c3ccc4ccccc4n3)no2)CC1. The van der Waals surface area contributed by atoms with Gasteiger partial charge in [-0.2, -0.15) is 4.98 Å². The molecule has 3 aromatic rings. The van der Waals surface area contributed by atoms with Crippen molar-refractivity contribution in [1.29, 1.82) is 0 Å². The van der Waals surface area contributed by atoms with Gasteiger partial charge in [0.1, 0.15) is 5.69 Å². The van der Waals surface area contributed by atoms with Crippen LogP contribution in [-0.4, -0.2) is 95.5 Å². The van der Waals surface area contributed by atoms with E-state index >= 15 is 0 Å². The van der Waals surface area contributed by atoms with Gasteiger partial charge in [0.05, 0.1) is 18.7 Å². The van der Waals surface area contributed by atoms with E-state index in [1.807, 2.05) is 46.2 Å².